The van der Waals surface area contributed by atoms with Gasteiger partial charge in [-0.25, -0.2) is 41.9 Å². The molecule has 0 radical (unpaired) electrons. The number of aromatic nitrogens is 16. The van der Waals surface area contributed by atoms with Crippen molar-refractivity contribution in [2.75, 3.05) is 44.2 Å². The molecule has 0 amide bonds. The summed E-state index contributed by atoms with van der Waals surface area (Å²) in [5.74, 6) is -9.56. The Kier molecular flexibility index (Phi) is 23.3. The topological polar surface area (TPSA) is 345 Å². The van der Waals surface area contributed by atoms with Gasteiger partial charge in [0.15, 0.2) is 58.1 Å². The molecule has 121 heavy (non-hydrogen) atoms. The highest BCUT2D eigenvalue weighted by Crippen LogP contribution is 2.37. The second-order valence-electron chi connectivity index (χ2n) is 25.4. The van der Waals surface area contributed by atoms with E-state index in [0.717, 1.165) is 60.7 Å². The molecule has 16 aromatic rings. The van der Waals surface area contributed by atoms with Crippen molar-refractivity contribution < 1.29 is 92.9 Å². The van der Waals surface area contributed by atoms with Gasteiger partial charge in [0, 0.05) is 53.1 Å². The lowest BCUT2D eigenvalue weighted by molar-refractivity contribution is -0.138. The average molecular weight is 1700 g/mol. The van der Waals surface area contributed by atoms with Crippen molar-refractivity contribution in [3.05, 3.63) is 251 Å². The van der Waals surface area contributed by atoms with Crippen molar-refractivity contribution >= 4 is 113 Å². The van der Waals surface area contributed by atoms with Crippen molar-refractivity contribution in [1.29, 1.82) is 0 Å². The summed E-state index contributed by atoms with van der Waals surface area (Å²) in [4.78, 5) is 49.2. The first kappa shape index (κ1) is 83.6. The van der Waals surface area contributed by atoms with Crippen LogP contribution >= 0.6 is 0 Å². The number of aryl methyl sites for hydroxylation is 4. The standard InChI is InChI=1S/C19H13F5N6O.2C19H13F5N6.C19H14F4N6O/c1-8-26-12-4-2-9(20)6-13(12)30(8)19-28-16(25)15(22)17(29-19)27-10-3-5-14(11(21)7-10)31-18(23)24;1-9-26-13-8-11(20)4-7-14(13)30(9)18-28-16(25)15(21)17(29-18)27-12-5-2-10(3-6-12)19(22,23)24;1-9-26-13-7-4-11(20)8-14(13)30(9)18-28-16(25)15(21)17(29-18)27-12-5-2-10(3-6-12)19(22,23)24;1-9-25-13-7-2-10(20)8-14(13)29(9)19-27-16(24)15(21)17(28-19)26-11-3-5-12(6-4-11)30-18(22)23/h2-7,18H,1H3,(H3,25,27,28,29);2*2-8H,1H3,(H3,25,27,28,29);2-8,18H,1H3,(H3,24,26,27,28). The number of hydrogen-bond acceptors (Lipinski definition) is 22. The van der Waals surface area contributed by atoms with Gasteiger partial charge in [0.2, 0.25) is 47.1 Å². The molecule has 8 aromatic carbocycles. The van der Waals surface area contributed by atoms with Gasteiger partial charge in [-0.2, -0.15) is 101 Å². The van der Waals surface area contributed by atoms with Crippen LogP contribution < -0.4 is 53.7 Å². The molecule has 622 valence electrons. The largest absolute Gasteiger partial charge is 0.435 e. The number of benzene rings is 8. The van der Waals surface area contributed by atoms with Crippen molar-refractivity contribution in [2.45, 2.75) is 53.3 Å². The molecule has 16 rings (SSSR count). The molecule has 8 aromatic heterocycles. The number of nitrogens with zero attached hydrogens (tertiary/aromatic N) is 16. The van der Waals surface area contributed by atoms with Crippen molar-refractivity contribution in [3.8, 4) is 35.3 Å². The van der Waals surface area contributed by atoms with E-state index in [1.54, 1.807) is 27.7 Å². The number of alkyl halides is 10. The number of nitrogens with two attached hydrogens (primary N) is 4. The molecule has 0 saturated heterocycles. The second-order valence-corrected chi connectivity index (χ2v) is 25.4. The minimum absolute atomic E-state index is 0.0136. The van der Waals surface area contributed by atoms with Crippen LogP contribution in [0.1, 0.15) is 34.4 Å². The fourth-order valence-corrected chi connectivity index (χ4v) is 11.8. The molecular weight excluding hydrogens is 1640 g/mol. The Labute approximate surface area is 665 Å². The van der Waals surface area contributed by atoms with E-state index in [-0.39, 0.29) is 64.1 Å². The fourth-order valence-electron chi connectivity index (χ4n) is 11.8. The molecule has 0 fully saturated rings. The molecule has 0 spiro atoms. The summed E-state index contributed by atoms with van der Waals surface area (Å²) in [6.07, 6.45) is -8.98. The maximum Gasteiger partial charge on any atom is 0.416 e. The van der Waals surface area contributed by atoms with Crippen molar-refractivity contribution in [3.63, 3.8) is 0 Å². The molecule has 0 atom stereocenters. The van der Waals surface area contributed by atoms with Crippen LogP contribution in [-0.2, 0) is 12.4 Å². The minimum Gasteiger partial charge on any atom is -0.435 e. The SMILES string of the molecule is Cc1nc2cc(F)ccc2n1-c1nc(N)c(F)c(Nc2ccc(C(F)(F)F)cc2)n1.Cc1nc2ccc(F)cc2n1-c1nc(N)c(F)c(Nc2ccc(C(F)(F)F)cc2)n1.Cc1nc2ccc(F)cc2n1-c1nc(N)c(F)c(Nc2ccc(OC(F)F)c(F)c2)n1.Cc1nc2ccc(F)cc2n1-c1nc(N)c(F)c(Nc2ccc(OC(F)F)cc2)n1. The molecule has 45 heteroatoms. The molecule has 0 aliphatic rings. The molecule has 8 heterocycles. The van der Waals surface area contributed by atoms with Gasteiger partial charge in [0.1, 0.15) is 52.3 Å². The van der Waals surface area contributed by atoms with E-state index in [9.17, 15) is 83.4 Å². The van der Waals surface area contributed by atoms with E-state index in [0.29, 0.717) is 73.1 Å². The number of fused-ring (bicyclic) bond motifs is 4. The van der Waals surface area contributed by atoms with Gasteiger partial charge in [-0.3, -0.25) is 18.3 Å². The molecule has 0 aliphatic carbocycles. The van der Waals surface area contributed by atoms with Crippen LogP contribution in [0.2, 0.25) is 0 Å². The zero-order valence-corrected chi connectivity index (χ0v) is 61.7. The summed E-state index contributed by atoms with van der Waals surface area (Å²) in [7, 11) is 0. The van der Waals surface area contributed by atoms with Crippen LogP contribution in [0, 0.1) is 80.0 Å². The summed E-state index contributed by atoms with van der Waals surface area (Å²) in [5.41, 5.74) is 25.0. The van der Waals surface area contributed by atoms with Crippen LogP contribution in [0.25, 0.3) is 67.9 Å². The lowest BCUT2D eigenvalue weighted by Gasteiger charge is -2.12. The number of anilines is 12. The Morgan fingerprint density at radius 1 is 0.306 bits per heavy atom. The molecule has 12 N–H and O–H groups in total. The lowest BCUT2D eigenvalue weighted by Crippen LogP contribution is -2.11. The third-order valence-electron chi connectivity index (χ3n) is 17.1. The lowest BCUT2D eigenvalue weighted by atomic mass is 10.2. The van der Waals surface area contributed by atoms with Gasteiger partial charge in [-0.05, 0) is 161 Å². The highest BCUT2D eigenvalue weighted by atomic mass is 19.4. The number of hydrogen-bond donors (Lipinski definition) is 8. The predicted octanol–water partition coefficient (Wildman–Crippen LogP) is 18.3. The number of halogens is 19. The Balaban J connectivity index is 0.000000139. The van der Waals surface area contributed by atoms with Gasteiger partial charge in [-0.1, -0.05) is 0 Å². The quantitative estimate of drug-likeness (QED) is 0.0417. The van der Waals surface area contributed by atoms with Crippen LogP contribution in [0.3, 0.4) is 0 Å². The van der Waals surface area contributed by atoms with Gasteiger partial charge in [0.05, 0.1) is 55.3 Å². The highest BCUT2D eigenvalue weighted by Gasteiger charge is 2.32. The molecule has 0 saturated carbocycles. The van der Waals surface area contributed by atoms with Crippen molar-refractivity contribution in [2.24, 2.45) is 0 Å². The van der Waals surface area contributed by atoms with E-state index in [4.69, 9.17) is 22.9 Å². The van der Waals surface area contributed by atoms with E-state index >= 15 is 0 Å². The third kappa shape index (κ3) is 18.6. The van der Waals surface area contributed by atoms with Gasteiger partial charge in [-0.15, -0.1) is 0 Å². The molecule has 26 nitrogen and oxygen atoms in total. The number of nitrogen functional groups attached to an aromatic ring is 4. The van der Waals surface area contributed by atoms with Crippen LogP contribution in [0.5, 0.6) is 11.5 Å². The summed E-state index contributed by atoms with van der Waals surface area (Å²) in [5, 5.41) is 10.4. The van der Waals surface area contributed by atoms with Gasteiger partial charge >= 0.3 is 25.6 Å². The Morgan fingerprint density at radius 2 is 0.595 bits per heavy atom. The average Bonchev–Trinajstić information content (AvgIpc) is 1.65. The van der Waals surface area contributed by atoms with Crippen molar-refractivity contribution in [1.82, 2.24) is 78.1 Å². The smallest absolute Gasteiger partial charge is 0.416 e. The van der Waals surface area contributed by atoms with Crippen LogP contribution in [0.4, 0.5) is 153 Å². The summed E-state index contributed by atoms with van der Waals surface area (Å²) >= 11 is 0. The van der Waals surface area contributed by atoms with E-state index in [1.807, 2.05) is 0 Å². The van der Waals surface area contributed by atoms with Crippen LogP contribution in [-0.4, -0.2) is 91.3 Å². The first-order chi connectivity index (χ1) is 57.3. The fraction of sp³-hybridized carbons (Fsp3) is 0.105. The first-order valence-electron chi connectivity index (χ1n) is 34.4. The Hall–Kier alpha value is -15.4. The number of nitrogens with one attached hydrogen (secondary N) is 4. The van der Waals surface area contributed by atoms with Gasteiger partial charge < -0.3 is 53.7 Å². The molecule has 0 bridgehead atoms. The maximum absolute atomic E-state index is 14.5. The summed E-state index contributed by atoms with van der Waals surface area (Å²) < 4.78 is 266. The predicted molar refractivity (Wildman–Crippen MR) is 405 cm³/mol. The highest BCUT2D eigenvalue weighted by molar-refractivity contribution is 5.81. The van der Waals surface area contributed by atoms with E-state index < -0.39 is 124 Å². The monoisotopic (exact) mass is 1690 g/mol. The zero-order valence-electron chi connectivity index (χ0n) is 61.7. The van der Waals surface area contributed by atoms with E-state index in [2.05, 4.69) is 90.5 Å². The van der Waals surface area contributed by atoms with Gasteiger partial charge in [0.25, 0.3) is 0 Å². The summed E-state index contributed by atoms with van der Waals surface area (Å²) in [6.45, 7) is 0.380. The number of imidazole rings is 4. The molecular formula is C76H53F19N24O2. The van der Waals surface area contributed by atoms with E-state index in [1.165, 1.54) is 121 Å². The minimum atomic E-state index is -4.49. The Morgan fingerprint density at radius 3 is 0.917 bits per heavy atom. The number of rotatable bonds is 16. The molecule has 0 unspecified atom stereocenters. The summed E-state index contributed by atoms with van der Waals surface area (Å²) in [6, 6.07) is 32.1. The second kappa shape index (κ2) is 33.7. The first-order valence-corrected chi connectivity index (χ1v) is 34.4. The normalized spacial score (nSPS) is 11.5. The number of ether oxygens (including phenoxy) is 2. The van der Waals surface area contributed by atoms with Crippen LogP contribution in [0.15, 0.2) is 164 Å². The maximum atomic E-state index is 14.5. The zero-order chi connectivity index (χ0) is 87.0. The Bertz CT molecular complexity index is 6590. The third-order valence-corrected chi connectivity index (χ3v) is 17.1. The molecule has 0 aliphatic heterocycles.